The number of hydrazine groups is 1. The van der Waals surface area contributed by atoms with Gasteiger partial charge < -0.3 is 4.74 Å². The molecule has 0 aromatic heterocycles. The number of hydrogen-bond donors (Lipinski definition) is 2. The number of ether oxygens (including phenoxy) is 1. The maximum atomic E-state index is 5.63. The number of hydrogen-bond acceptors (Lipinski definition) is 3. The van der Waals surface area contributed by atoms with Gasteiger partial charge in [-0.1, -0.05) is 31.2 Å². The van der Waals surface area contributed by atoms with E-state index >= 15 is 0 Å². The predicted octanol–water partition coefficient (Wildman–Crippen LogP) is 2.37. The first-order valence-electron chi connectivity index (χ1n) is 6.96. The fourth-order valence-corrected chi connectivity index (χ4v) is 2.66. The lowest BCUT2D eigenvalue weighted by Crippen LogP contribution is -2.38. The molecule has 1 aromatic carbocycles. The lowest BCUT2D eigenvalue weighted by Gasteiger charge is -2.32. The molecule has 0 bridgehead atoms. The Morgan fingerprint density at radius 2 is 2.22 bits per heavy atom. The van der Waals surface area contributed by atoms with Crippen molar-refractivity contribution in [3.8, 4) is 0 Å². The zero-order valence-electron chi connectivity index (χ0n) is 11.2. The average molecular weight is 248 g/mol. The minimum absolute atomic E-state index is 0.361. The molecule has 2 rings (SSSR count). The van der Waals surface area contributed by atoms with E-state index in [1.54, 1.807) is 0 Å². The Morgan fingerprint density at radius 1 is 1.39 bits per heavy atom. The summed E-state index contributed by atoms with van der Waals surface area (Å²) in [6.07, 6.45) is 4.39. The zero-order chi connectivity index (χ0) is 12.8. The monoisotopic (exact) mass is 248 g/mol. The minimum atomic E-state index is 0.361. The van der Waals surface area contributed by atoms with Crippen molar-refractivity contribution in [1.29, 1.82) is 0 Å². The number of fused-ring (bicyclic) bond motifs is 1. The Hall–Kier alpha value is -0.900. The van der Waals surface area contributed by atoms with Crippen molar-refractivity contribution in [2.45, 2.75) is 44.6 Å². The van der Waals surface area contributed by atoms with Gasteiger partial charge in [-0.15, -0.1) is 0 Å². The third kappa shape index (κ3) is 3.31. The van der Waals surface area contributed by atoms with Crippen LogP contribution < -0.4 is 11.3 Å². The number of nitrogens with two attached hydrogens (primary N) is 1. The maximum Gasteiger partial charge on any atom is 0.0481 e. The van der Waals surface area contributed by atoms with E-state index in [-0.39, 0.29) is 0 Å². The molecule has 2 atom stereocenters. The number of rotatable bonds is 8. The molecular formula is C15H24N2O. The van der Waals surface area contributed by atoms with Crippen molar-refractivity contribution in [3.63, 3.8) is 0 Å². The molecule has 0 radical (unpaired) electrons. The third-order valence-corrected chi connectivity index (χ3v) is 3.73. The topological polar surface area (TPSA) is 47.3 Å². The van der Waals surface area contributed by atoms with E-state index in [1.807, 2.05) is 0 Å². The van der Waals surface area contributed by atoms with Crippen LogP contribution in [0.5, 0.6) is 0 Å². The molecule has 3 N–H and O–H groups in total. The van der Waals surface area contributed by atoms with Crippen molar-refractivity contribution in [3.05, 3.63) is 35.4 Å². The molecule has 0 spiro atoms. The van der Waals surface area contributed by atoms with Gasteiger partial charge in [0.15, 0.2) is 0 Å². The molecule has 3 nitrogen and oxygen atoms in total. The maximum absolute atomic E-state index is 5.63. The molecule has 0 saturated heterocycles. The van der Waals surface area contributed by atoms with E-state index in [0.29, 0.717) is 12.0 Å². The second-order valence-electron chi connectivity index (χ2n) is 5.10. The molecule has 0 fully saturated rings. The highest BCUT2D eigenvalue weighted by atomic mass is 16.5. The van der Waals surface area contributed by atoms with Crippen LogP contribution >= 0.6 is 0 Å². The van der Waals surface area contributed by atoms with Crippen molar-refractivity contribution in [2.75, 3.05) is 13.2 Å². The molecule has 0 aliphatic heterocycles. The first-order valence-corrected chi connectivity index (χ1v) is 6.96. The van der Waals surface area contributed by atoms with Gasteiger partial charge in [0.25, 0.3) is 0 Å². The van der Waals surface area contributed by atoms with Crippen molar-refractivity contribution >= 4 is 0 Å². The fraction of sp³-hybridized carbons (Fsp3) is 0.600. The van der Waals surface area contributed by atoms with Gasteiger partial charge in [0.1, 0.15) is 0 Å². The molecular weight excluding hydrogens is 224 g/mol. The van der Waals surface area contributed by atoms with Crippen LogP contribution in [0.15, 0.2) is 24.3 Å². The van der Waals surface area contributed by atoms with Crippen LogP contribution in [0.2, 0.25) is 0 Å². The summed E-state index contributed by atoms with van der Waals surface area (Å²) in [5.41, 5.74) is 5.94. The highest BCUT2D eigenvalue weighted by Crippen LogP contribution is 2.38. The lowest BCUT2D eigenvalue weighted by molar-refractivity contribution is 0.122. The predicted molar refractivity (Wildman–Crippen MR) is 74.3 cm³/mol. The van der Waals surface area contributed by atoms with Gasteiger partial charge in [-0.3, -0.25) is 11.3 Å². The molecule has 1 aliphatic rings. The van der Waals surface area contributed by atoms with Crippen LogP contribution in [-0.2, 0) is 11.2 Å². The van der Waals surface area contributed by atoms with Crippen LogP contribution in [0.1, 0.15) is 43.2 Å². The van der Waals surface area contributed by atoms with Gasteiger partial charge in [-0.05, 0) is 42.7 Å². The first kappa shape index (κ1) is 13.5. The SMILES string of the molecule is CCCOCCC(CC1Cc2ccccc21)NN. The largest absolute Gasteiger partial charge is 0.381 e. The summed E-state index contributed by atoms with van der Waals surface area (Å²) in [5.74, 6) is 6.30. The molecule has 0 amide bonds. The summed E-state index contributed by atoms with van der Waals surface area (Å²) in [6, 6.07) is 9.07. The van der Waals surface area contributed by atoms with E-state index in [1.165, 1.54) is 17.5 Å². The Bertz CT molecular complexity index is 367. The summed E-state index contributed by atoms with van der Waals surface area (Å²) in [5, 5.41) is 0. The molecule has 100 valence electrons. The summed E-state index contributed by atoms with van der Waals surface area (Å²) < 4.78 is 5.52. The van der Waals surface area contributed by atoms with E-state index < -0.39 is 0 Å². The summed E-state index contributed by atoms with van der Waals surface area (Å²) in [7, 11) is 0. The Morgan fingerprint density at radius 3 is 2.94 bits per heavy atom. The minimum Gasteiger partial charge on any atom is -0.381 e. The molecule has 3 heteroatoms. The van der Waals surface area contributed by atoms with Crippen LogP contribution in [0.3, 0.4) is 0 Å². The van der Waals surface area contributed by atoms with Gasteiger partial charge in [0.05, 0.1) is 0 Å². The third-order valence-electron chi connectivity index (χ3n) is 3.73. The van der Waals surface area contributed by atoms with Gasteiger partial charge in [0, 0.05) is 19.3 Å². The van der Waals surface area contributed by atoms with Crippen molar-refractivity contribution in [1.82, 2.24) is 5.43 Å². The highest BCUT2D eigenvalue weighted by Gasteiger charge is 2.27. The molecule has 1 aliphatic carbocycles. The van der Waals surface area contributed by atoms with Crippen LogP contribution in [0.25, 0.3) is 0 Å². The zero-order valence-corrected chi connectivity index (χ0v) is 11.2. The first-order chi connectivity index (χ1) is 8.85. The van der Waals surface area contributed by atoms with Gasteiger partial charge in [-0.2, -0.15) is 0 Å². The molecule has 2 unspecified atom stereocenters. The van der Waals surface area contributed by atoms with Gasteiger partial charge in [0.2, 0.25) is 0 Å². The van der Waals surface area contributed by atoms with E-state index in [0.717, 1.165) is 32.5 Å². The molecule has 0 saturated carbocycles. The van der Waals surface area contributed by atoms with E-state index in [9.17, 15) is 0 Å². The lowest BCUT2D eigenvalue weighted by atomic mass is 9.74. The Balaban J connectivity index is 1.75. The summed E-state index contributed by atoms with van der Waals surface area (Å²) in [4.78, 5) is 0. The van der Waals surface area contributed by atoms with E-state index in [2.05, 4.69) is 36.6 Å². The van der Waals surface area contributed by atoms with Gasteiger partial charge >= 0.3 is 0 Å². The summed E-state index contributed by atoms with van der Waals surface area (Å²) in [6.45, 7) is 3.78. The Labute approximate surface area is 110 Å². The number of nitrogens with one attached hydrogen (secondary N) is 1. The fourth-order valence-electron chi connectivity index (χ4n) is 2.66. The molecule has 1 aromatic rings. The van der Waals surface area contributed by atoms with Crippen LogP contribution in [0.4, 0.5) is 0 Å². The second kappa shape index (κ2) is 6.88. The van der Waals surface area contributed by atoms with Crippen LogP contribution in [0, 0.1) is 0 Å². The Kier molecular flexibility index (Phi) is 5.17. The summed E-state index contributed by atoms with van der Waals surface area (Å²) >= 11 is 0. The van der Waals surface area contributed by atoms with E-state index in [4.69, 9.17) is 10.6 Å². The average Bonchev–Trinajstić information content (AvgIpc) is 2.38. The standard InChI is InChI=1S/C15H24N2O/c1-2-8-18-9-7-14(17-16)11-13-10-12-5-3-4-6-15(12)13/h3-6,13-14,17H,2,7-11,16H2,1H3. The number of benzene rings is 1. The second-order valence-corrected chi connectivity index (χ2v) is 5.10. The quantitative estimate of drug-likeness (QED) is 0.422. The normalized spacial score (nSPS) is 19.1. The van der Waals surface area contributed by atoms with Gasteiger partial charge in [-0.25, -0.2) is 0 Å². The van der Waals surface area contributed by atoms with Crippen LogP contribution in [-0.4, -0.2) is 19.3 Å². The van der Waals surface area contributed by atoms with Crippen molar-refractivity contribution in [2.24, 2.45) is 5.84 Å². The smallest absolute Gasteiger partial charge is 0.0481 e. The van der Waals surface area contributed by atoms with Crippen molar-refractivity contribution < 1.29 is 4.74 Å². The molecule has 0 heterocycles. The molecule has 18 heavy (non-hydrogen) atoms. The highest BCUT2D eigenvalue weighted by molar-refractivity contribution is 5.39.